The number of hydrogen-bond donors (Lipinski definition) is 1. The quantitative estimate of drug-likeness (QED) is 0.816. The maximum Gasteiger partial charge on any atom is 0.257 e. The van der Waals surface area contributed by atoms with Gasteiger partial charge in [0.1, 0.15) is 5.75 Å². The molecule has 0 saturated heterocycles. The van der Waals surface area contributed by atoms with Gasteiger partial charge in [-0.1, -0.05) is 31.9 Å². The molecule has 5 heteroatoms. The van der Waals surface area contributed by atoms with Crippen LogP contribution in [0.4, 0.5) is 0 Å². The van der Waals surface area contributed by atoms with Crippen molar-refractivity contribution >= 4 is 37.8 Å². The summed E-state index contributed by atoms with van der Waals surface area (Å²) in [4.78, 5) is 14.3. The number of benzene rings is 1. The highest BCUT2D eigenvalue weighted by molar-refractivity contribution is 9.10. The lowest BCUT2D eigenvalue weighted by atomic mass is 9.91. The second kappa shape index (κ2) is 6.06. The van der Waals surface area contributed by atoms with Gasteiger partial charge >= 0.3 is 0 Å². The van der Waals surface area contributed by atoms with Gasteiger partial charge in [0, 0.05) is 22.4 Å². The lowest BCUT2D eigenvalue weighted by molar-refractivity contribution is 0.0596. The third kappa shape index (κ3) is 2.88. The highest BCUT2D eigenvalue weighted by atomic mass is 79.9. The first-order valence-corrected chi connectivity index (χ1v) is 7.90. The maximum absolute atomic E-state index is 12.5. The standard InChI is InChI=1S/C13H15Br2NO2/c14-6-7-16(10-2-1-3-10)13(18)11-8-9(15)4-5-12(11)17/h4-5,8,10,17H,1-3,6-7H2. The van der Waals surface area contributed by atoms with Gasteiger partial charge in [-0.15, -0.1) is 0 Å². The average Bonchev–Trinajstić information content (AvgIpc) is 2.28. The summed E-state index contributed by atoms with van der Waals surface area (Å²) in [7, 11) is 0. The Bertz CT molecular complexity index is 447. The Hall–Kier alpha value is -0.550. The van der Waals surface area contributed by atoms with E-state index in [4.69, 9.17) is 0 Å². The third-order valence-corrected chi connectivity index (χ3v) is 4.14. The van der Waals surface area contributed by atoms with Crippen LogP contribution in [0.5, 0.6) is 5.75 Å². The number of amides is 1. The van der Waals surface area contributed by atoms with Crippen LogP contribution < -0.4 is 0 Å². The predicted octanol–water partition coefficient (Wildman–Crippen LogP) is 3.54. The summed E-state index contributed by atoms with van der Waals surface area (Å²) in [5, 5.41) is 10.6. The number of hydrogen-bond acceptors (Lipinski definition) is 2. The second-order valence-electron chi connectivity index (χ2n) is 4.43. The van der Waals surface area contributed by atoms with Gasteiger partial charge in [0.25, 0.3) is 5.91 Å². The van der Waals surface area contributed by atoms with Crippen molar-refractivity contribution in [2.45, 2.75) is 25.3 Å². The maximum atomic E-state index is 12.5. The Morgan fingerprint density at radius 1 is 1.44 bits per heavy atom. The average molecular weight is 377 g/mol. The minimum Gasteiger partial charge on any atom is -0.507 e. The van der Waals surface area contributed by atoms with Crippen LogP contribution in [0.3, 0.4) is 0 Å². The second-order valence-corrected chi connectivity index (χ2v) is 6.14. The first-order chi connectivity index (χ1) is 8.63. The summed E-state index contributed by atoms with van der Waals surface area (Å²) in [6.07, 6.45) is 3.31. The van der Waals surface area contributed by atoms with Gasteiger partial charge < -0.3 is 10.0 Å². The van der Waals surface area contributed by atoms with E-state index in [1.807, 2.05) is 4.90 Å². The van der Waals surface area contributed by atoms with Crippen LogP contribution >= 0.6 is 31.9 Å². The van der Waals surface area contributed by atoms with Gasteiger partial charge in [0.2, 0.25) is 0 Å². The normalized spacial score (nSPS) is 15.2. The fourth-order valence-corrected chi connectivity index (χ4v) is 2.82. The number of carbonyl (C=O) groups is 1. The highest BCUT2D eigenvalue weighted by Crippen LogP contribution is 2.29. The monoisotopic (exact) mass is 375 g/mol. The fourth-order valence-electron chi connectivity index (χ4n) is 2.07. The van der Waals surface area contributed by atoms with Gasteiger partial charge in [-0.05, 0) is 37.5 Å². The molecule has 1 fully saturated rings. The molecule has 0 atom stereocenters. The van der Waals surface area contributed by atoms with Gasteiger partial charge in [-0.3, -0.25) is 4.79 Å². The van der Waals surface area contributed by atoms with Gasteiger partial charge in [0.15, 0.2) is 0 Å². The highest BCUT2D eigenvalue weighted by Gasteiger charge is 2.30. The Balaban J connectivity index is 2.23. The van der Waals surface area contributed by atoms with E-state index in [1.165, 1.54) is 6.42 Å². The first kappa shape index (κ1) is 13.9. The molecule has 1 amide bonds. The largest absolute Gasteiger partial charge is 0.507 e. The van der Waals surface area contributed by atoms with Crippen LogP contribution in [-0.4, -0.2) is 33.8 Å². The topological polar surface area (TPSA) is 40.5 Å². The van der Waals surface area contributed by atoms with Crippen molar-refractivity contribution in [1.82, 2.24) is 4.90 Å². The summed E-state index contributed by atoms with van der Waals surface area (Å²) in [6, 6.07) is 5.28. The van der Waals surface area contributed by atoms with E-state index in [-0.39, 0.29) is 11.7 Å². The molecule has 1 aliphatic carbocycles. The summed E-state index contributed by atoms with van der Waals surface area (Å²) in [6.45, 7) is 0.676. The fraction of sp³-hybridized carbons (Fsp3) is 0.462. The van der Waals surface area contributed by atoms with E-state index in [2.05, 4.69) is 31.9 Å². The Morgan fingerprint density at radius 2 is 2.17 bits per heavy atom. The molecule has 18 heavy (non-hydrogen) atoms. The van der Waals surface area contributed by atoms with Crippen molar-refractivity contribution in [3.05, 3.63) is 28.2 Å². The molecule has 1 N–H and O–H groups in total. The Kier molecular flexibility index (Phi) is 4.67. The molecule has 0 spiro atoms. The van der Waals surface area contributed by atoms with Crippen molar-refractivity contribution in [3.8, 4) is 5.75 Å². The van der Waals surface area contributed by atoms with Crippen LogP contribution in [-0.2, 0) is 0 Å². The van der Waals surface area contributed by atoms with E-state index in [9.17, 15) is 9.90 Å². The molecule has 1 aliphatic rings. The minimum atomic E-state index is -0.0852. The van der Waals surface area contributed by atoms with Crippen molar-refractivity contribution < 1.29 is 9.90 Å². The molecule has 0 aliphatic heterocycles. The van der Waals surface area contributed by atoms with Crippen molar-refractivity contribution in [2.75, 3.05) is 11.9 Å². The number of phenols is 1. The zero-order chi connectivity index (χ0) is 13.1. The molecule has 3 nitrogen and oxygen atoms in total. The summed E-state index contributed by atoms with van der Waals surface area (Å²) < 4.78 is 0.802. The number of alkyl halides is 1. The smallest absolute Gasteiger partial charge is 0.257 e. The SMILES string of the molecule is O=C(c1cc(Br)ccc1O)N(CCBr)C1CCC1. The Labute approximate surface area is 123 Å². The molecule has 0 radical (unpaired) electrons. The summed E-state index contributed by atoms with van der Waals surface area (Å²) in [5.41, 5.74) is 0.372. The van der Waals surface area contributed by atoms with E-state index in [0.29, 0.717) is 18.2 Å². The number of phenolic OH excluding ortho intramolecular Hbond substituents is 1. The molecule has 2 rings (SSSR count). The molecule has 98 valence electrons. The molecular weight excluding hydrogens is 362 g/mol. The molecule has 1 saturated carbocycles. The van der Waals surface area contributed by atoms with E-state index in [0.717, 1.165) is 22.6 Å². The molecule has 1 aromatic carbocycles. The van der Waals surface area contributed by atoms with Crippen LogP contribution in [0.25, 0.3) is 0 Å². The van der Waals surface area contributed by atoms with Crippen LogP contribution in [0.1, 0.15) is 29.6 Å². The van der Waals surface area contributed by atoms with Crippen LogP contribution in [0.15, 0.2) is 22.7 Å². The minimum absolute atomic E-state index is 0.0436. The van der Waals surface area contributed by atoms with Crippen LogP contribution in [0.2, 0.25) is 0 Å². The summed E-state index contributed by atoms with van der Waals surface area (Å²) in [5.74, 6) is -0.0416. The van der Waals surface area contributed by atoms with Crippen molar-refractivity contribution in [3.63, 3.8) is 0 Å². The molecule has 0 bridgehead atoms. The van der Waals surface area contributed by atoms with Gasteiger partial charge in [-0.2, -0.15) is 0 Å². The van der Waals surface area contributed by atoms with Gasteiger partial charge in [-0.25, -0.2) is 0 Å². The number of rotatable bonds is 4. The van der Waals surface area contributed by atoms with E-state index < -0.39 is 0 Å². The Morgan fingerprint density at radius 3 is 2.72 bits per heavy atom. The number of carbonyl (C=O) groups excluding carboxylic acids is 1. The molecule has 0 heterocycles. The van der Waals surface area contributed by atoms with E-state index in [1.54, 1.807) is 18.2 Å². The zero-order valence-electron chi connectivity index (χ0n) is 9.90. The molecule has 0 aromatic heterocycles. The number of nitrogens with zero attached hydrogens (tertiary/aromatic N) is 1. The predicted molar refractivity (Wildman–Crippen MR) is 78.3 cm³/mol. The molecule has 1 aromatic rings. The van der Waals surface area contributed by atoms with Crippen molar-refractivity contribution in [2.24, 2.45) is 0 Å². The zero-order valence-corrected chi connectivity index (χ0v) is 13.1. The number of aromatic hydroxyl groups is 1. The van der Waals surface area contributed by atoms with Gasteiger partial charge in [0.05, 0.1) is 5.56 Å². The summed E-state index contributed by atoms with van der Waals surface area (Å²) >= 11 is 6.71. The first-order valence-electron chi connectivity index (χ1n) is 5.99. The van der Waals surface area contributed by atoms with Crippen molar-refractivity contribution in [1.29, 1.82) is 0 Å². The lowest BCUT2D eigenvalue weighted by Gasteiger charge is -2.37. The third-order valence-electron chi connectivity index (χ3n) is 3.29. The number of halogens is 2. The molecule has 0 unspecified atom stereocenters. The van der Waals surface area contributed by atoms with Crippen LogP contribution in [0, 0.1) is 0 Å². The van der Waals surface area contributed by atoms with E-state index >= 15 is 0 Å². The molecular formula is C13H15Br2NO2. The lowest BCUT2D eigenvalue weighted by Crippen LogP contribution is -2.45.